The van der Waals surface area contributed by atoms with Gasteiger partial charge < -0.3 is 10.5 Å². The van der Waals surface area contributed by atoms with Gasteiger partial charge in [0, 0.05) is 6.04 Å². The summed E-state index contributed by atoms with van der Waals surface area (Å²) >= 11 is 0. The fraction of sp³-hybridized carbons (Fsp3) is 0.143. The summed E-state index contributed by atoms with van der Waals surface area (Å²) in [5, 5.41) is 0. The molecule has 3 rings (SSSR count). The molecule has 0 heterocycles. The van der Waals surface area contributed by atoms with Crippen molar-refractivity contribution in [1.29, 1.82) is 0 Å². The monoisotopic (exact) mass is 339 g/mol. The fourth-order valence-corrected chi connectivity index (χ4v) is 2.49. The Morgan fingerprint density at radius 1 is 0.833 bits per heavy atom. The maximum atomic E-state index is 5.96. The van der Waals surface area contributed by atoms with E-state index in [1.165, 1.54) is 16.7 Å². The van der Waals surface area contributed by atoms with Crippen LogP contribution < -0.4 is 10.5 Å². The molecule has 3 heteroatoms. The highest BCUT2D eigenvalue weighted by Crippen LogP contribution is 2.25. The molecule has 0 fully saturated rings. The Hall–Kier alpha value is -2.29. The van der Waals surface area contributed by atoms with Crippen molar-refractivity contribution in [1.82, 2.24) is 0 Å². The van der Waals surface area contributed by atoms with Gasteiger partial charge in [0.1, 0.15) is 12.4 Å². The molecule has 1 atom stereocenters. The van der Waals surface area contributed by atoms with Crippen LogP contribution in [0.5, 0.6) is 5.75 Å². The van der Waals surface area contributed by atoms with Crippen molar-refractivity contribution >= 4 is 12.4 Å². The number of nitrogens with two attached hydrogens (primary N) is 1. The Labute approximate surface area is 149 Å². The van der Waals surface area contributed by atoms with E-state index in [0.29, 0.717) is 6.61 Å². The second-order valence-electron chi connectivity index (χ2n) is 5.71. The molecular formula is C21H22ClNO. The van der Waals surface area contributed by atoms with Crippen LogP contribution in [0.1, 0.15) is 24.1 Å². The largest absolute Gasteiger partial charge is 0.489 e. The predicted octanol–water partition coefficient (Wildman–Crippen LogP) is 5.37. The minimum absolute atomic E-state index is 0. The SMILES string of the molecule is CC(N)c1cccc(-c2ccc(OCc3ccccc3)cc2)c1.Cl. The molecule has 0 aliphatic heterocycles. The summed E-state index contributed by atoms with van der Waals surface area (Å²) in [6.45, 7) is 2.58. The normalized spacial score (nSPS) is 11.4. The summed E-state index contributed by atoms with van der Waals surface area (Å²) in [7, 11) is 0. The zero-order valence-electron chi connectivity index (χ0n) is 13.7. The second kappa shape index (κ2) is 8.53. The lowest BCUT2D eigenvalue weighted by Gasteiger charge is -2.10. The van der Waals surface area contributed by atoms with Gasteiger partial charge in [-0.25, -0.2) is 0 Å². The molecule has 124 valence electrons. The summed E-state index contributed by atoms with van der Waals surface area (Å²) in [4.78, 5) is 0. The van der Waals surface area contributed by atoms with E-state index >= 15 is 0 Å². The molecule has 0 spiro atoms. The van der Waals surface area contributed by atoms with Crippen LogP contribution in [0.15, 0.2) is 78.9 Å². The molecule has 0 bridgehead atoms. The lowest BCUT2D eigenvalue weighted by molar-refractivity contribution is 0.306. The molecule has 2 nitrogen and oxygen atoms in total. The number of rotatable bonds is 5. The van der Waals surface area contributed by atoms with E-state index in [1.807, 2.05) is 43.3 Å². The molecule has 1 unspecified atom stereocenters. The molecular weight excluding hydrogens is 318 g/mol. The third-order valence-electron chi connectivity index (χ3n) is 3.85. The molecule has 0 aliphatic rings. The third-order valence-corrected chi connectivity index (χ3v) is 3.85. The van der Waals surface area contributed by atoms with Gasteiger partial charge >= 0.3 is 0 Å². The number of hydrogen-bond acceptors (Lipinski definition) is 2. The molecule has 24 heavy (non-hydrogen) atoms. The predicted molar refractivity (Wildman–Crippen MR) is 103 cm³/mol. The molecule has 0 amide bonds. The summed E-state index contributed by atoms with van der Waals surface area (Å²) in [5.41, 5.74) is 10.6. The molecule has 3 aromatic rings. The van der Waals surface area contributed by atoms with Crippen LogP contribution in [0.4, 0.5) is 0 Å². The molecule has 0 aliphatic carbocycles. The summed E-state index contributed by atoms with van der Waals surface area (Å²) in [6.07, 6.45) is 0. The Morgan fingerprint density at radius 3 is 2.21 bits per heavy atom. The first-order chi connectivity index (χ1) is 11.2. The van der Waals surface area contributed by atoms with E-state index in [0.717, 1.165) is 11.3 Å². The Kier molecular flexibility index (Phi) is 6.42. The van der Waals surface area contributed by atoms with Crippen LogP contribution in [0.2, 0.25) is 0 Å². The van der Waals surface area contributed by atoms with Gasteiger partial charge in [0.25, 0.3) is 0 Å². The minimum Gasteiger partial charge on any atom is -0.489 e. The molecule has 0 saturated heterocycles. The van der Waals surface area contributed by atoms with Crippen LogP contribution in [0, 0.1) is 0 Å². The molecule has 0 radical (unpaired) electrons. The first-order valence-corrected chi connectivity index (χ1v) is 7.85. The first-order valence-electron chi connectivity index (χ1n) is 7.85. The minimum atomic E-state index is 0. The van der Waals surface area contributed by atoms with Crippen LogP contribution in [-0.4, -0.2) is 0 Å². The maximum Gasteiger partial charge on any atom is 0.119 e. The van der Waals surface area contributed by atoms with E-state index in [-0.39, 0.29) is 18.4 Å². The summed E-state index contributed by atoms with van der Waals surface area (Å²) in [5.74, 6) is 0.876. The highest BCUT2D eigenvalue weighted by atomic mass is 35.5. The highest BCUT2D eigenvalue weighted by Gasteiger charge is 2.03. The van der Waals surface area contributed by atoms with Gasteiger partial charge in [-0.05, 0) is 47.4 Å². The lowest BCUT2D eigenvalue weighted by atomic mass is 10.0. The third kappa shape index (κ3) is 4.60. The average Bonchev–Trinajstić information content (AvgIpc) is 2.61. The number of hydrogen-bond donors (Lipinski definition) is 1. The van der Waals surface area contributed by atoms with Crippen molar-refractivity contribution in [2.24, 2.45) is 5.73 Å². The highest BCUT2D eigenvalue weighted by molar-refractivity contribution is 5.85. The van der Waals surface area contributed by atoms with E-state index in [1.54, 1.807) is 0 Å². The van der Waals surface area contributed by atoms with E-state index in [4.69, 9.17) is 10.5 Å². The molecule has 0 saturated carbocycles. The van der Waals surface area contributed by atoms with Crippen LogP contribution in [-0.2, 0) is 6.61 Å². The van der Waals surface area contributed by atoms with Crippen LogP contribution in [0.3, 0.4) is 0 Å². The fourth-order valence-electron chi connectivity index (χ4n) is 2.49. The van der Waals surface area contributed by atoms with Gasteiger partial charge in [0.15, 0.2) is 0 Å². The lowest BCUT2D eigenvalue weighted by Crippen LogP contribution is -2.04. The van der Waals surface area contributed by atoms with Crippen molar-refractivity contribution in [3.05, 3.63) is 90.0 Å². The quantitative estimate of drug-likeness (QED) is 0.677. The average molecular weight is 340 g/mol. The van der Waals surface area contributed by atoms with Gasteiger partial charge in [-0.1, -0.05) is 60.7 Å². The van der Waals surface area contributed by atoms with Gasteiger partial charge in [0.05, 0.1) is 0 Å². The molecule has 0 aromatic heterocycles. The van der Waals surface area contributed by atoms with Crippen molar-refractivity contribution in [3.63, 3.8) is 0 Å². The summed E-state index contributed by atoms with van der Waals surface area (Å²) < 4.78 is 5.82. The van der Waals surface area contributed by atoms with Crippen LogP contribution in [0.25, 0.3) is 11.1 Å². The second-order valence-corrected chi connectivity index (χ2v) is 5.71. The van der Waals surface area contributed by atoms with Gasteiger partial charge in [-0.15, -0.1) is 12.4 Å². The van der Waals surface area contributed by atoms with Crippen molar-refractivity contribution in [3.8, 4) is 16.9 Å². The van der Waals surface area contributed by atoms with Crippen molar-refractivity contribution in [2.75, 3.05) is 0 Å². The first kappa shape index (κ1) is 18.1. The van der Waals surface area contributed by atoms with Crippen molar-refractivity contribution in [2.45, 2.75) is 19.6 Å². The zero-order valence-corrected chi connectivity index (χ0v) is 14.5. The molecule has 3 aromatic carbocycles. The maximum absolute atomic E-state index is 5.96. The van der Waals surface area contributed by atoms with E-state index < -0.39 is 0 Å². The van der Waals surface area contributed by atoms with Gasteiger partial charge in [-0.3, -0.25) is 0 Å². The zero-order chi connectivity index (χ0) is 16.1. The van der Waals surface area contributed by atoms with Crippen LogP contribution >= 0.6 is 12.4 Å². The standard InChI is InChI=1S/C21H21NO.ClH/c1-16(22)19-8-5-9-20(14-19)18-10-12-21(13-11-18)23-15-17-6-3-2-4-7-17;/h2-14,16H,15,22H2,1H3;1H. The van der Waals surface area contributed by atoms with Gasteiger partial charge in [0.2, 0.25) is 0 Å². The molecule has 2 N–H and O–H groups in total. The Morgan fingerprint density at radius 2 is 1.54 bits per heavy atom. The summed E-state index contributed by atoms with van der Waals surface area (Å²) in [6, 6.07) is 26.8. The number of benzene rings is 3. The van der Waals surface area contributed by atoms with Crippen molar-refractivity contribution < 1.29 is 4.74 Å². The number of halogens is 1. The van der Waals surface area contributed by atoms with Gasteiger partial charge in [-0.2, -0.15) is 0 Å². The van der Waals surface area contributed by atoms with E-state index in [9.17, 15) is 0 Å². The Bertz CT molecular complexity index is 754. The number of ether oxygens (including phenoxy) is 1. The van der Waals surface area contributed by atoms with E-state index in [2.05, 4.69) is 42.5 Å². The smallest absolute Gasteiger partial charge is 0.119 e. The topological polar surface area (TPSA) is 35.2 Å². The Balaban J connectivity index is 0.00000208.